The number of nitrogens with zero attached hydrogens (tertiary/aromatic N) is 3. The minimum atomic E-state index is -0.343. The van der Waals surface area contributed by atoms with Crippen molar-refractivity contribution in [3.8, 4) is 22.9 Å². The van der Waals surface area contributed by atoms with Crippen LogP contribution in [0.25, 0.3) is 11.4 Å². The predicted octanol–water partition coefficient (Wildman–Crippen LogP) is 1.54. The molecule has 3 amide bonds. The zero-order valence-corrected chi connectivity index (χ0v) is 15.2. The van der Waals surface area contributed by atoms with Crippen molar-refractivity contribution in [2.24, 2.45) is 0 Å². The summed E-state index contributed by atoms with van der Waals surface area (Å²) in [5.41, 5.74) is 0.729. The van der Waals surface area contributed by atoms with Gasteiger partial charge in [0, 0.05) is 18.7 Å². The Kier molecular flexibility index (Phi) is 5.61. The maximum absolute atomic E-state index is 12.0. The molecule has 0 bridgehead atoms. The van der Waals surface area contributed by atoms with E-state index >= 15 is 0 Å². The summed E-state index contributed by atoms with van der Waals surface area (Å²) in [4.78, 5) is 28.9. The summed E-state index contributed by atoms with van der Waals surface area (Å²) in [7, 11) is 3.12. The van der Waals surface area contributed by atoms with Crippen LogP contribution in [0, 0.1) is 0 Å². The Balaban J connectivity index is 1.58. The van der Waals surface area contributed by atoms with Crippen LogP contribution in [0.3, 0.4) is 0 Å². The van der Waals surface area contributed by atoms with Gasteiger partial charge in [-0.2, -0.15) is 4.98 Å². The minimum Gasteiger partial charge on any atom is -0.493 e. The number of thioether (sulfide) groups is 1. The van der Waals surface area contributed by atoms with Gasteiger partial charge in [-0.1, -0.05) is 5.16 Å². The molecule has 138 valence electrons. The number of hydrogen-bond donors (Lipinski definition) is 1. The smallest absolute Gasteiger partial charge is 0.324 e. The zero-order chi connectivity index (χ0) is 18.5. The van der Waals surface area contributed by atoms with Gasteiger partial charge in [-0.15, -0.1) is 11.8 Å². The van der Waals surface area contributed by atoms with Gasteiger partial charge >= 0.3 is 6.03 Å². The number of rotatable bonds is 7. The summed E-state index contributed by atoms with van der Waals surface area (Å²) in [6.07, 6.45) is 0. The number of nitrogens with one attached hydrogen (secondary N) is 1. The van der Waals surface area contributed by atoms with Gasteiger partial charge in [0.05, 0.1) is 25.7 Å². The second-order valence-electron chi connectivity index (χ2n) is 5.35. The molecule has 0 spiro atoms. The van der Waals surface area contributed by atoms with E-state index in [1.54, 1.807) is 32.4 Å². The lowest BCUT2D eigenvalue weighted by Gasteiger charge is -2.10. The van der Waals surface area contributed by atoms with Crippen LogP contribution in [0.4, 0.5) is 4.79 Å². The molecular formula is C16H18N4O5S. The second-order valence-corrected chi connectivity index (χ2v) is 6.34. The first kappa shape index (κ1) is 18.1. The van der Waals surface area contributed by atoms with Crippen molar-refractivity contribution in [2.45, 2.75) is 5.75 Å². The molecule has 3 rings (SSSR count). The van der Waals surface area contributed by atoms with Gasteiger partial charge in [0.2, 0.25) is 17.6 Å². The molecule has 1 aromatic carbocycles. The van der Waals surface area contributed by atoms with Gasteiger partial charge in [0.1, 0.15) is 0 Å². The lowest BCUT2D eigenvalue weighted by molar-refractivity contribution is -0.124. The molecule has 26 heavy (non-hydrogen) atoms. The topological polar surface area (TPSA) is 107 Å². The van der Waals surface area contributed by atoms with E-state index in [0.717, 1.165) is 5.56 Å². The molecule has 0 atom stereocenters. The van der Waals surface area contributed by atoms with Crippen LogP contribution in [-0.4, -0.2) is 60.0 Å². The highest BCUT2D eigenvalue weighted by molar-refractivity contribution is 7.99. The third-order valence-electron chi connectivity index (χ3n) is 3.72. The molecule has 9 nitrogen and oxygen atoms in total. The third kappa shape index (κ3) is 3.90. The van der Waals surface area contributed by atoms with E-state index in [1.165, 1.54) is 16.7 Å². The van der Waals surface area contributed by atoms with Crippen LogP contribution in [0.1, 0.15) is 5.89 Å². The number of urea groups is 1. The van der Waals surface area contributed by atoms with Crippen molar-refractivity contribution < 1.29 is 23.6 Å². The van der Waals surface area contributed by atoms with Crippen LogP contribution in [0.15, 0.2) is 22.7 Å². The molecule has 1 aromatic heterocycles. The summed E-state index contributed by atoms with van der Waals surface area (Å²) >= 11 is 1.31. The number of amides is 3. The lowest BCUT2D eigenvalue weighted by atomic mass is 10.2. The first-order chi connectivity index (χ1) is 12.6. The SMILES string of the molecule is COc1ccc(-c2noc(CSCC(=O)N3CCNC3=O)n2)cc1OC. The van der Waals surface area contributed by atoms with E-state index in [2.05, 4.69) is 15.5 Å². The van der Waals surface area contributed by atoms with E-state index in [0.29, 0.717) is 42.1 Å². The van der Waals surface area contributed by atoms with Gasteiger partial charge in [-0.3, -0.25) is 9.69 Å². The van der Waals surface area contributed by atoms with E-state index in [1.807, 2.05) is 0 Å². The second kappa shape index (κ2) is 8.09. The van der Waals surface area contributed by atoms with Crippen LogP contribution in [-0.2, 0) is 10.5 Å². The molecule has 2 aromatic rings. The molecule has 1 fully saturated rings. The monoisotopic (exact) mass is 378 g/mol. The number of aromatic nitrogens is 2. The number of carbonyl (C=O) groups is 2. The Morgan fingerprint density at radius 3 is 2.85 bits per heavy atom. The molecule has 1 saturated heterocycles. The molecule has 2 heterocycles. The van der Waals surface area contributed by atoms with Crippen LogP contribution in [0.2, 0.25) is 0 Å². The van der Waals surface area contributed by atoms with Crippen LogP contribution < -0.4 is 14.8 Å². The van der Waals surface area contributed by atoms with Gasteiger partial charge in [0.25, 0.3) is 0 Å². The summed E-state index contributed by atoms with van der Waals surface area (Å²) < 4.78 is 15.7. The van der Waals surface area contributed by atoms with Gasteiger partial charge in [-0.05, 0) is 18.2 Å². The van der Waals surface area contributed by atoms with Crippen molar-refractivity contribution in [1.29, 1.82) is 0 Å². The summed E-state index contributed by atoms with van der Waals surface area (Å²) in [6.45, 7) is 0.899. The fraction of sp³-hybridized carbons (Fsp3) is 0.375. The van der Waals surface area contributed by atoms with Crippen molar-refractivity contribution in [2.75, 3.05) is 33.1 Å². The molecule has 1 aliphatic rings. The maximum Gasteiger partial charge on any atom is 0.324 e. The Labute approximate surface area is 154 Å². The summed E-state index contributed by atoms with van der Waals surface area (Å²) in [5, 5.41) is 6.54. The van der Waals surface area contributed by atoms with Gasteiger partial charge < -0.3 is 19.3 Å². The largest absolute Gasteiger partial charge is 0.493 e. The van der Waals surface area contributed by atoms with Gasteiger partial charge in [0.15, 0.2) is 11.5 Å². The Morgan fingerprint density at radius 2 is 2.15 bits per heavy atom. The molecule has 0 unspecified atom stereocenters. The number of ether oxygens (including phenoxy) is 2. The normalized spacial score (nSPS) is 13.6. The quantitative estimate of drug-likeness (QED) is 0.773. The number of imide groups is 1. The standard InChI is InChI=1S/C16H18N4O5S/c1-23-11-4-3-10(7-12(11)24-2)15-18-13(25-19-15)8-26-9-14(21)20-6-5-17-16(20)22/h3-4,7H,5-6,8-9H2,1-2H3,(H,17,22). The third-order valence-corrected chi connectivity index (χ3v) is 4.62. The highest BCUT2D eigenvalue weighted by atomic mass is 32.2. The average Bonchev–Trinajstić information content (AvgIpc) is 3.30. The number of methoxy groups -OCH3 is 2. The van der Waals surface area contributed by atoms with E-state index in [4.69, 9.17) is 14.0 Å². The molecule has 0 saturated carbocycles. The van der Waals surface area contributed by atoms with Crippen molar-refractivity contribution >= 4 is 23.7 Å². The van der Waals surface area contributed by atoms with Crippen molar-refractivity contribution in [3.05, 3.63) is 24.1 Å². The molecule has 0 aliphatic carbocycles. The minimum absolute atomic E-state index is 0.168. The van der Waals surface area contributed by atoms with E-state index < -0.39 is 0 Å². The summed E-state index contributed by atoms with van der Waals surface area (Å²) in [5.74, 6) is 2.32. The number of hydrogen-bond acceptors (Lipinski definition) is 8. The molecule has 0 radical (unpaired) electrons. The fourth-order valence-electron chi connectivity index (χ4n) is 2.42. The first-order valence-electron chi connectivity index (χ1n) is 7.83. The summed E-state index contributed by atoms with van der Waals surface area (Å²) in [6, 6.07) is 4.98. The average molecular weight is 378 g/mol. The van der Waals surface area contributed by atoms with E-state index in [9.17, 15) is 9.59 Å². The molecule has 1 aliphatic heterocycles. The maximum atomic E-state index is 12.0. The van der Waals surface area contributed by atoms with Crippen molar-refractivity contribution in [1.82, 2.24) is 20.4 Å². The molecule has 10 heteroatoms. The number of carbonyl (C=O) groups excluding carboxylic acids is 2. The predicted molar refractivity (Wildman–Crippen MR) is 94.1 cm³/mol. The van der Waals surface area contributed by atoms with E-state index in [-0.39, 0.29) is 17.7 Å². The first-order valence-corrected chi connectivity index (χ1v) is 8.98. The Morgan fingerprint density at radius 1 is 1.35 bits per heavy atom. The van der Waals surface area contributed by atoms with Crippen LogP contribution in [0.5, 0.6) is 11.5 Å². The highest BCUT2D eigenvalue weighted by Crippen LogP contribution is 2.31. The Bertz CT molecular complexity index is 810. The molecule has 1 N–H and O–H groups in total. The van der Waals surface area contributed by atoms with Crippen LogP contribution >= 0.6 is 11.8 Å². The lowest BCUT2D eigenvalue weighted by Crippen LogP contribution is -2.35. The van der Waals surface area contributed by atoms with Crippen molar-refractivity contribution in [3.63, 3.8) is 0 Å². The van der Waals surface area contributed by atoms with Gasteiger partial charge in [-0.25, -0.2) is 4.79 Å². The number of benzene rings is 1. The zero-order valence-electron chi connectivity index (χ0n) is 14.4. The fourth-order valence-corrected chi connectivity index (χ4v) is 3.14. The highest BCUT2D eigenvalue weighted by Gasteiger charge is 2.25. The Hall–Kier alpha value is -2.75. The molecular weight excluding hydrogens is 360 g/mol.